The minimum absolute atomic E-state index is 0.354. The summed E-state index contributed by atoms with van der Waals surface area (Å²) >= 11 is 0. The van der Waals surface area contributed by atoms with Crippen molar-refractivity contribution in [3.63, 3.8) is 0 Å². The lowest BCUT2D eigenvalue weighted by Gasteiger charge is -2.09. The third-order valence-corrected chi connectivity index (χ3v) is 2.44. The highest BCUT2D eigenvalue weighted by atomic mass is 16.1. The molecule has 1 aromatic carbocycles. The summed E-state index contributed by atoms with van der Waals surface area (Å²) in [6.45, 7) is 0. The van der Waals surface area contributed by atoms with Crippen LogP contribution in [0.4, 0.5) is 5.69 Å². The van der Waals surface area contributed by atoms with Crippen molar-refractivity contribution in [2.45, 2.75) is 0 Å². The first-order valence-corrected chi connectivity index (χ1v) is 4.90. The molecule has 0 bridgehead atoms. The van der Waals surface area contributed by atoms with Crippen LogP contribution >= 0.6 is 0 Å². The molecule has 1 heterocycles. The van der Waals surface area contributed by atoms with Crippen LogP contribution in [0.15, 0.2) is 36.5 Å². The maximum Gasteiger partial charge on any atom is 0.248 e. The van der Waals surface area contributed by atoms with Gasteiger partial charge < -0.3 is 16.0 Å². The smallest absolute Gasteiger partial charge is 0.248 e. The maximum absolute atomic E-state index is 11.1. The lowest BCUT2D eigenvalue weighted by molar-refractivity contribution is 0.100. The summed E-state index contributed by atoms with van der Waals surface area (Å²) in [6, 6.07) is 10.1. The molecule has 0 aliphatic heterocycles. The van der Waals surface area contributed by atoms with Gasteiger partial charge in [0.05, 0.1) is 11.4 Å². The van der Waals surface area contributed by atoms with E-state index in [1.165, 1.54) is 0 Å². The zero-order valence-corrected chi connectivity index (χ0v) is 8.92. The quantitative estimate of drug-likeness (QED) is 0.748. The fraction of sp³-hybridized carbons (Fsp3) is 0. The molecule has 0 spiro atoms. The molecule has 2 aromatic rings. The number of primary amides is 1. The molecule has 84 valence electrons. The minimum atomic E-state index is -0.531. The number of nitrogen functional groups attached to an aromatic ring is 1. The molecule has 1 amide bonds. The minimum Gasteiger partial charge on any atom is -0.397 e. The Morgan fingerprint density at radius 3 is 2.76 bits per heavy atom. The second-order valence-electron chi connectivity index (χ2n) is 3.51. The van der Waals surface area contributed by atoms with E-state index in [1.807, 2.05) is 6.07 Å². The van der Waals surface area contributed by atoms with Gasteiger partial charge in [0, 0.05) is 11.8 Å². The van der Waals surface area contributed by atoms with Crippen LogP contribution < -0.4 is 11.5 Å². The van der Waals surface area contributed by atoms with Crippen molar-refractivity contribution in [2.75, 3.05) is 5.73 Å². The average Bonchev–Trinajstić information content (AvgIpc) is 2.77. The third-order valence-electron chi connectivity index (χ3n) is 2.44. The fourth-order valence-corrected chi connectivity index (χ4v) is 1.59. The Morgan fingerprint density at radius 2 is 2.12 bits per heavy atom. The number of carbonyl (C=O) groups is 1. The van der Waals surface area contributed by atoms with E-state index in [0.29, 0.717) is 22.6 Å². The summed E-state index contributed by atoms with van der Waals surface area (Å²) < 4.78 is 1.61. The van der Waals surface area contributed by atoms with Gasteiger partial charge in [-0.15, -0.1) is 0 Å². The first-order chi connectivity index (χ1) is 8.13. The van der Waals surface area contributed by atoms with Gasteiger partial charge in [0.2, 0.25) is 5.91 Å². The molecule has 1 aromatic heterocycles. The van der Waals surface area contributed by atoms with Gasteiger partial charge in [-0.1, -0.05) is 0 Å². The Morgan fingerprint density at radius 1 is 1.35 bits per heavy atom. The molecule has 4 N–H and O–H groups in total. The molecule has 0 aliphatic rings. The van der Waals surface area contributed by atoms with Crippen LogP contribution in [0.3, 0.4) is 0 Å². The summed E-state index contributed by atoms with van der Waals surface area (Å²) in [5, 5.41) is 8.93. The Kier molecular flexibility index (Phi) is 2.55. The molecule has 0 aliphatic carbocycles. The van der Waals surface area contributed by atoms with Crippen molar-refractivity contribution in [3.05, 3.63) is 47.8 Å². The molecule has 17 heavy (non-hydrogen) atoms. The lowest BCUT2D eigenvalue weighted by Crippen LogP contribution is -2.12. The number of aromatic nitrogens is 1. The number of benzene rings is 1. The van der Waals surface area contributed by atoms with E-state index >= 15 is 0 Å². The molecule has 5 nitrogen and oxygen atoms in total. The highest BCUT2D eigenvalue weighted by molar-refractivity contribution is 5.94. The first-order valence-electron chi connectivity index (χ1n) is 4.90. The molecule has 0 radical (unpaired) electrons. The number of nitriles is 1. The second kappa shape index (κ2) is 4.02. The normalized spacial score (nSPS) is 9.82. The largest absolute Gasteiger partial charge is 0.397 e. The number of rotatable bonds is 2. The SMILES string of the molecule is N#Cc1cccn1-c1cc(C(N)=O)ccc1N. The summed E-state index contributed by atoms with van der Waals surface area (Å²) in [7, 11) is 0. The number of anilines is 1. The van der Waals surface area contributed by atoms with Crippen molar-refractivity contribution in [1.82, 2.24) is 4.57 Å². The summed E-state index contributed by atoms with van der Waals surface area (Å²) in [4.78, 5) is 11.1. The predicted octanol–water partition coefficient (Wildman–Crippen LogP) is 1.03. The molecule has 0 unspecified atom stereocenters. The Bertz CT molecular complexity index is 622. The van der Waals surface area contributed by atoms with Gasteiger partial charge in [0.1, 0.15) is 11.8 Å². The predicted molar refractivity (Wildman–Crippen MR) is 63.4 cm³/mol. The Labute approximate surface area is 97.9 Å². The van der Waals surface area contributed by atoms with Crippen LogP contribution in [0, 0.1) is 11.3 Å². The van der Waals surface area contributed by atoms with Crippen LogP contribution in [0.1, 0.15) is 16.1 Å². The van der Waals surface area contributed by atoms with Crippen molar-refractivity contribution in [3.8, 4) is 11.8 Å². The lowest BCUT2D eigenvalue weighted by atomic mass is 10.1. The number of hydrogen-bond donors (Lipinski definition) is 2. The monoisotopic (exact) mass is 226 g/mol. The van der Waals surface area contributed by atoms with Crippen LogP contribution in [0.5, 0.6) is 0 Å². The summed E-state index contributed by atoms with van der Waals surface area (Å²) in [5.41, 5.74) is 12.9. The topological polar surface area (TPSA) is 97.8 Å². The molecule has 0 saturated heterocycles. The van der Waals surface area contributed by atoms with Gasteiger partial charge in [0.25, 0.3) is 0 Å². The standard InChI is InChI=1S/C12H10N4O/c13-7-9-2-1-5-16(9)11-6-8(12(15)17)3-4-10(11)14/h1-6H,14H2,(H2,15,17). The Balaban J connectivity index is 2.63. The van der Waals surface area contributed by atoms with Gasteiger partial charge in [0.15, 0.2) is 0 Å². The van der Waals surface area contributed by atoms with E-state index < -0.39 is 5.91 Å². The summed E-state index contributed by atoms with van der Waals surface area (Å²) in [5.74, 6) is -0.531. The number of nitrogens with zero attached hydrogens (tertiary/aromatic N) is 2. The summed E-state index contributed by atoms with van der Waals surface area (Å²) in [6.07, 6.45) is 1.70. The van der Waals surface area contributed by atoms with Crippen LogP contribution in [0.2, 0.25) is 0 Å². The molecule has 0 fully saturated rings. The molecule has 5 heteroatoms. The van der Waals surface area contributed by atoms with E-state index in [0.717, 1.165) is 0 Å². The fourth-order valence-electron chi connectivity index (χ4n) is 1.59. The number of hydrogen-bond acceptors (Lipinski definition) is 3. The molecular formula is C12H10N4O. The maximum atomic E-state index is 11.1. The van der Waals surface area contributed by atoms with Gasteiger partial charge >= 0.3 is 0 Å². The van der Waals surface area contributed by atoms with Gasteiger partial charge in [-0.3, -0.25) is 4.79 Å². The second-order valence-corrected chi connectivity index (χ2v) is 3.51. The van der Waals surface area contributed by atoms with E-state index in [2.05, 4.69) is 0 Å². The van der Waals surface area contributed by atoms with E-state index in [9.17, 15) is 4.79 Å². The van der Waals surface area contributed by atoms with Crippen molar-refractivity contribution in [2.24, 2.45) is 5.73 Å². The van der Waals surface area contributed by atoms with E-state index in [4.69, 9.17) is 16.7 Å². The van der Waals surface area contributed by atoms with Crippen molar-refractivity contribution >= 4 is 11.6 Å². The Hall–Kier alpha value is -2.74. The molecule has 0 saturated carbocycles. The van der Waals surface area contributed by atoms with E-state index in [1.54, 1.807) is 41.1 Å². The third kappa shape index (κ3) is 1.84. The highest BCUT2D eigenvalue weighted by Gasteiger charge is 2.09. The van der Waals surface area contributed by atoms with Gasteiger partial charge in [-0.2, -0.15) is 5.26 Å². The van der Waals surface area contributed by atoms with Crippen LogP contribution in [0.25, 0.3) is 5.69 Å². The molecule has 0 atom stereocenters. The van der Waals surface area contributed by atoms with Crippen molar-refractivity contribution in [1.29, 1.82) is 5.26 Å². The zero-order valence-electron chi connectivity index (χ0n) is 8.92. The molecular weight excluding hydrogens is 216 g/mol. The van der Waals surface area contributed by atoms with Crippen molar-refractivity contribution < 1.29 is 4.79 Å². The van der Waals surface area contributed by atoms with Gasteiger partial charge in [-0.05, 0) is 30.3 Å². The molecule has 2 rings (SSSR count). The first kappa shape index (κ1) is 10.8. The zero-order chi connectivity index (χ0) is 12.4. The van der Waals surface area contributed by atoms with Gasteiger partial charge in [-0.25, -0.2) is 0 Å². The van der Waals surface area contributed by atoms with Crippen LogP contribution in [-0.4, -0.2) is 10.5 Å². The number of carbonyl (C=O) groups excluding carboxylic acids is 1. The average molecular weight is 226 g/mol. The van der Waals surface area contributed by atoms with E-state index in [-0.39, 0.29) is 0 Å². The number of nitrogens with two attached hydrogens (primary N) is 2. The number of amides is 1. The highest BCUT2D eigenvalue weighted by Crippen LogP contribution is 2.21. The van der Waals surface area contributed by atoms with Crippen LogP contribution in [-0.2, 0) is 0 Å².